The maximum atomic E-state index is 12.1. The normalized spacial score (nSPS) is 21.2. The minimum Gasteiger partial charge on any atom is -0.497 e. The van der Waals surface area contributed by atoms with Crippen molar-refractivity contribution in [2.45, 2.75) is 50.5 Å². The van der Waals surface area contributed by atoms with E-state index in [9.17, 15) is 4.79 Å². The van der Waals surface area contributed by atoms with Crippen LogP contribution in [-0.4, -0.2) is 27.8 Å². The third-order valence-electron chi connectivity index (χ3n) is 5.04. The van der Waals surface area contributed by atoms with Crippen LogP contribution in [0.5, 0.6) is 5.75 Å². The number of ether oxygens (including phenoxy) is 1. The smallest absolute Gasteiger partial charge is 0.229 e. The molecule has 6 nitrogen and oxygen atoms in total. The third kappa shape index (κ3) is 2.77. The summed E-state index contributed by atoms with van der Waals surface area (Å²) in [5.41, 5.74) is 1.05. The number of amides is 1. The number of rotatable bonds is 3. The number of anilines is 1. The molecule has 1 unspecified atom stereocenters. The molecule has 0 saturated heterocycles. The molecule has 1 fully saturated rings. The Kier molecular flexibility index (Phi) is 3.96. The summed E-state index contributed by atoms with van der Waals surface area (Å²) in [6, 6.07) is 7.72. The summed E-state index contributed by atoms with van der Waals surface area (Å²) >= 11 is 0. The highest BCUT2D eigenvalue weighted by molar-refractivity contribution is 5.91. The summed E-state index contributed by atoms with van der Waals surface area (Å²) in [6.07, 6.45) is 6.45. The van der Waals surface area contributed by atoms with Gasteiger partial charge in [0.1, 0.15) is 5.75 Å². The molecule has 1 saturated carbocycles. The van der Waals surface area contributed by atoms with Gasteiger partial charge in [-0.3, -0.25) is 10.1 Å². The highest BCUT2D eigenvalue weighted by Gasteiger charge is 2.31. The second-order valence-electron chi connectivity index (χ2n) is 6.61. The Bertz CT molecular complexity index is 732. The lowest BCUT2D eigenvalue weighted by atomic mass is 9.89. The van der Waals surface area contributed by atoms with E-state index in [2.05, 4.69) is 10.3 Å². The zero-order valence-electron chi connectivity index (χ0n) is 13.9. The van der Waals surface area contributed by atoms with Crippen LogP contribution in [-0.2, 0) is 4.79 Å². The number of carbonyl (C=O) groups excluding carboxylic acids is 1. The van der Waals surface area contributed by atoms with Crippen molar-refractivity contribution in [2.75, 3.05) is 12.4 Å². The van der Waals surface area contributed by atoms with Crippen molar-refractivity contribution in [1.82, 2.24) is 14.8 Å². The van der Waals surface area contributed by atoms with Gasteiger partial charge >= 0.3 is 0 Å². The van der Waals surface area contributed by atoms with E-state index in [0.717, 1.165) is 30.0 Å². The quantitative estimate of drug-likeness (QED) is 0.940. The molecule has 2 aromatic rings. The van der Waals surface area contributed by atoms with Crippen LogP contribution in [0.3, 0.4) is 0 Å². The zero-order chi connectivity index (χ0) is 16.5. The number of aromatic nitrogens is 3. The van der Waals surface area contributed by atoms with E-state index in [1.165, 1.54) is 19.3 Å². The van der Waals surface area contributed by atoms with E-state index >= 15 is 0 Å². The Morgan fingerprint density at radius 2 is 1.92 bits per heavy atom. The lowest BCUT2D eigenvalue weighted by Gasteiger charge is -2.23. The second kappa shape index (κ2) is 6.26. The monoisotopic (exact) mass is 326 g/mol. The lowest BCUT2D eigenvalue weighted by Crippen LogP contribution is -2.29. The van der Waals surface area contributed by atoms with Crippen LogP contribution in [0.15, 0.2) is 24.3 Å². The molecule has 1 N–H and O–H groups in total. The van der Waals surface area contributed by atoms with Gasteiger partial charge in [-0.1, -0.05) is 31.4 Å². The minimum absolute atomic E-state index is 0.00841. The topological polar surface area (TPSA) is 69.0 Å². The molecule has 24 heavy (non-hydrogen) atoms. The number of methoxy groups -OCH3 is 1. The van der Waals surface area contributed by atoms with Gasteiger partial charge in [-0.25, -0.2) is 4.68 Å². The molecule has 2 heterocycles. The molecule has 1 aromatic carbocycles. The Morgan fingerprint density at radius 1 is 1.17 bits per heavy atom. The number of nitrogens with one attached hydrogen (secondary N) is 1. The average molecular weight is 326 g/mol. The highest BCUT2D eigenvalue weighted by atomic mass is 16.5. The standard InChI is InChI=1S/C18H22N4O2/c1-24-14-9-7-12(8-10-14)15-11-16(23)19-18-20-17(21-22(15)18)13-5-3-2-4-6-13/h7-10,13,15H,2-6,11H2,1H3,(H,19,20,21,23). The molecule has 0 spiro atoms. The summed E-state index contributed by atoms with van der Waals surface area (Å²) in [4.78, 5) is 16.7. The van der Waals surface area contributed by atoms with Crippen LogP contribution in [0.2, 0.25) is 0 Å². The molecule has 126 valence electrons. The van der Waals surface area contributed by atoms with Gasteiger partial charge in [0.05, 0.1) is 19.6 Å². The predicted molar refractivity (Wildman–Crippen MR) is 90.2 cm³/mol. The Labute approximate surface area is 141 Å². The van der Waals surface area contributed by atoms with E-state index in [-0.39, 0.29) is 11.9 Å². The van der Waals surface area contributed by atoms with Crippen molar-refractivity contribution in [3.05, 3.63) is 35.7 Å². The first-order valence-corrected chi connectivity index (χ1v) is 8.65. The Morgan fingerprint density at radius 3 is 2.62 bits per heavy atom. The fraction of sp³-hybridized carbons (Fsp3) is 0.500. The van der Waals surface area contributed by atoms with E-state index in [4.69, 9.17) is 9.84 Å². The summed E-state index contributed by atoms with van der Waals surface area (Å²) < 4.78 is 7.10. The number of benzene rings is 1. The van der Waals surface area contributed by atoms with Gasteiger partial charge in [0, 0.05) is 5.92 Å². The maximum absolute atomic E-state index is 12.1. The van der Waals surface area contributed by atoms with Crippen molar-refractivity contribution in [3.8, 4) is 5.75 Å². The van der Waals surface area contributed by atoms with Crippen LogP contribution in [0.4, 0.5) is 5.95 Å². The van der Waals surface area contributed by atoms with Crippen LogP contribution in [0, 0.1) is 0 Å². The Hall–Kier alpha value is -2.37. The van der Waals surface area contributed by atoms with Crippen LogP contribution in [0.25, 0.3) is 0 Å². The van der Waals surface area contributed by atoms with Gasteiger partial charge < -0.3 is 4.74 Å². The SMILES string of the molecule is COc1ccc(C2CC(=O)Nc3nc(C4CCCCC4)nn32)cc1. The molecule has 1 aromatic heterocycles. The molecule has 6 heteroatoms. The van der Waals surface area contributed by atoms with E-state index in [0.29, 0.717) is 18.3 Å². The molecule has 1 amide bonds. The summed E-state index contributed by atoms with van der Waals surface area (Å²) in [6.45, 7) is 0. The number of carbonyl (C=O) groups is 1. The highest BCUT2D eigenvalue weighted by Crippen LogP contribution is 2.35. The van der Waals surface area contributed by atoms with Crippen molar-refractivity contribution in [1.29, 1.82) is 0 Å². The van der Waals surface area contributed by atoms with E-state index < -0.39 is 0 Å². The summed E-state index contributed by atoms with van der Waals surface area (Å²) in [5, 5.41) is 7.64. The van der Waals surface area contributed by atoms with E-state index in [1.54, 1.807) is 7.11 Å². The second-order valence-corrected chi connectivity index (χ2v) is 6.61. The average Bonchev–Trinajstić information content (AvgIpc) is 3.06. The Balaban J connectivity index is 1.67. The first-order chi connectivity index (χ1) is 11.7. The molecule has 4 rings (SSSR count). The fourth-order valence-corrected chi connectivity index (χ4v) is 3.70. The van der Waals surface area contributed by atoms with Crippen molar-refractivity contribution in [3.63, 3.8) is 0 Å². The lowest BCUT2D eigenvalue weighted by molar-refractivity contribution is -0.117. The zero-order valence-corrected chi connectivity index (χ0v) is 13.9. The summed E-state index contributed by atoms with van der Waals surface area (Å²) in [7, 11) is 1.65. The predicted octanol–water partition coefficient (Wildman–Crippen LogP) is 3.27. The maximum Gasteiger partial charge on any atom is 0.229 e. The van der Waals surface area contributed by atoms with Gasteiger partial charge in [0.25, 0.3) is 0 Å². The fourth-order valence-electron chi connectivity index (χ4n) is 3.70. The van der Waals surface area contributed by atoms with Crippen molar-refractivity contribution < 1.29 is 9.53 Å². The van der Waals surface area contributed by atoms with Crippen LogP contribution < -0.4 is 10.1 Å². The molecule has 2 aliphatic rings. The number of hydrogen-bond donors (Lipinski definition) is 1. The number of hydrogen-bond acceptors (Lipinski definition) is 4. The molecular weight excluding hydrogens is 304 g/mol. The van der Waals surface area contributed by atoms with Crippen molar-refractivity contribution in [2.24, 2.45) is 0 Å². The van der Waals surface area contributed by atoms with Crippen LogP contribution >= 0.6 is 0 Å². The largest absolute Gasteiger partial charge is 0.497 e. The molecule has 0 bridgehead atoms. The van der Waals surface area contributed by atoms with Gasteiger partial charge in [-0.2, -0.15) is 10.1 Å². The molecule has 1 aliphatic heterocycles. The number of nitrogens with zero attached hydrogens (tertiary/aromatic N) is 3. The molecule has 1 atom stereocenters. The first-order valence-electron chi connectivity index (χ1n) is 8.65. The van der Waals surface area contributed by atoms with Gasteiger partial charge in [-0.15, -0.1) is 0 Å². The van der Waals surface area contributed by atoms with Gasteiger partial charge in [0.15, 0.2) is 5.82 Å². The minimum atomic E-state index is -0.107. The molecule has 0 radical (unpaired) electrons. The third-order valence-corrected chi connectivity index (χ3v) is 5.04. The first kappa shape index (κ1) is 15.2. The van der Waals surface area contributed by atoms with Gasteiger partial charge in [0.2, 0.25) is 11.9 Å². The molecule has 1 aliphatic carbocycles. The van der Waals surface area contributed by atoms with Gasteiger partial charge in [-0.05, 0) is 30.5 Å². The van der Waals surface area contributed by atoms with E-state index in [1.807, 2.05) is 28.9 Å². The summed E-state index contributed by atoms with van der Waals surface area (Å²) in [5.74, 6) is 2.68. The van der Waals surface area contributed by atoms with Crippen LogP contribution in [0.1, 0.15) is 61.9 Å². The van der Waals surface area contributed by atoms with Crippen molar-refractivity contribution >= 4 is 11.9 Å². The number of fused-ring (bicyclic) bond motifs is 1. The molecular formula is C18H22N4O2.